The van der Waals surface area contributed by atoms with Gasteiger partial charge in [0.15, 0.2) is 0 Å². The fourth-order valence-corrected chi connectivity index (χ4v) is 1.34. The van der Waals surface area contributed by atoms with E-state index in [9.17, 15) is 0 Å². The SMILES string of the molecule is CC(=Nc1c(C)ccc(C)c1C#N)N(C)C. The molecule has 0 unspecified atom stereocenters. The highest BCUT2D eigenvalue weighted by atomic mass is 15.1. The average Bonchev–Trinajstić information content (AvgIpc) is 2.23. The summed E-state index contributed by atoms with van der Waals surface area (Å²) in [4.78, 5) is 6.44. The summed E-state index contributed by atoms with van der Waals surface area (Å²) in [5.74, 6) is 0.894. The molecule has 0 fully saturated rings. The van der Waals surface area contributed by atoms with Crippen LogP contribution in [0.4, 0.5) is 5.69 Å². The molecule has 0 aliphatic carbocycles. The molecule has 0 saturated carbocycles. The predicted molar refractivity (Wildman–Crippen MR) is 67.1 cm³/mol. The zero-order valence-corrected chi connectivity index (χ0v) is 10.5. The van der Waals surface area contributed by atoms with Gasteiger partial charge in [0.25, 0.3) is 0 Å². The molecule has 0 bridgehead atoms. The van der Waals surface area contributed by atoms with Gasteiger partial charge in [-0.2, -0.15) is 5.26 Å². The van der Waals surface area contributed by atoms with Crippen molar-refractivity contribution in [3.63, 3.8) is 0 Å². The maximum Gasteiger partial charge on any atom is 0.102 e. The lowest BCUT2D eigenvalue weighted by atomic mass is 10.0. The molecule has 0 atom stereocenters. The number of aliphatic imine (C=N–C) groups is 1. The van der Waals surface area contributed by atoms with Crippen LogP contribution in [0.1, 0.15) is 23.6 Å². The Bertz CT molecular complexity index is 465. The topological polar surface area (TPSA) is 39.4 Å². The van der Waals surface area contributed by atoms with Crippen molar-refractivity contribution in [1.82, 2.24) is 4.90 Å². The first-order valence-corrected chi connectivity index (χ1v) is 5.20. The van der Waals surface area contributed by atoms with Gasteiger partial charge in [0.1, 0.15) is 11.9 Å². The van der Waals surface area contributed by atoms with Crippen LogP contribution in [-0.2, 0) is 0 Å². The Kier molecular flexibility index (Phi) is 3.68. The van der Waals surface area contributed by atoms with E-state index < -0.39 is 0 Å². The molecule has 16 heavy (non-hydrogen) atoms. The first-order valence-electron chi connectivity index (χ1n) is 5.20. The molecule has 0 heterocycles. The van der Waals surface area contributed by atoms with Crippen LogP contribution >= 0.6 is 0 Å². The van der Waals surface area contributed by atoms with Crippen LogP contribution in [0, 0.1) is 25.2 Å². The third kappa shape index (κ3) is 2.40. The molecule has 1 rings (SSSR count). The fourth-order valence-electron chi connectivity index (χ4n) is 1.34. The molecule has 0 radical (unpaired) electrons. The lowest BCUT2D eigenvalue weighted by Gasteiger charge is -2.13. The van der Waals surface area contributed by atoms with Gasteiger partial charge in [0, 0.05) is 14.1 Å². The number of amidine groups is 1. The van der Waals surface area contributed by atoms with E-state index in [-0.39, 0.29) is 0 Å². The summed E-state index contributed by atoms with van der Waals surface area (Å²) >= 11 is 0. The van der Waals surface area contributed by atoms with E-state index in [1.165, 1.54) is 0 Å². The van der Waals surface area contributed by atoms with Crippen molar-refractivity contribution in [3.05, 3.63) is 28.8 Å². The maximum absolute atomic E-state index is 9.14. The molecule has 0 aliphatic heterocycles. The standard InChI is InChI=1S/C13H17N3/c1-9-6-7-10(2)13(12(9)8-14)15-11(3)16(4)5/h6-7H,1-5H3. The zero-order chi connectivity index (χ0) is 12.3. The Morgan fingerprint density at radius 3 is 2.31 bits per heavy atom. The lowest BCUT2D eigenvalue weighted by molar-refractivity contribution is 0.619. The Morgan fingerprint density at radius 2 is 1.81 bits per heavy atom. The third-order valence-electron chi connectivity index (χ3n) is 2.62. The lowest BCUT2D eigenvalue weighted by Crippen LogP contribution is -2.18. The summed E-state index contributed by atoms with van der Waals surface area (Å²) in [6.07, 6.45) is 0. The molecule has 0 amide bonds. The molecule has 3 heteroatoms. The minimum atomic E-state index is 0.668. The first-order chi connectivity index (χ1) is 7.47. The highest BCUT2D eigenvalue weighted by Crippen LogP contribution is 2.26. The number of rotatable bonds is 1. The second-order valence-electron chi connectivity index (χ2n) is 4.09. The van der Waals surface area contributed by atoms with Crippen molar-refractivity contribution in [1.29, 1.82) is 5.26 Å². The van der Waals surface area contributed by atoms with Gasteiger partial charge in [-0.05, 0) is 31.9 Å². The monoisotopic (exact) mass is 215 g/mol. The van der Waals surface area contributed by atoms with E-state index in [1.807, 2.05) is 51.9 Å². The zero-order valence-electron chi connectivity index (χ0n) is 10.5. The van der Waals surface area contributed by atoms with Crippen LogP contribution in [0.3, 0.4) is 0 Å². The molecular weight excluding hydrogens is 198 g/mol. The molecule has 0 spiro atoms. The van der Waals surface area contributed by atoms with Gasteiger partial charge < -0.3 is 4.90 Å². The molecule has 3 nitrogen and oxygen atoms in total. The van der Waals surface area contributed by atoms with Crippen molar-refractivity contribution in [2.45, 2.75) is 20.8 Å². The average molecular weight is 215 g/mol. The fraction of sp³-hybridized carbons (Fsp3) is 0.385. The van der Waals surface area contributed by atoms with Crippen LogP contribution < -0.4 is 0 Å². The number of nitrogens with zero attached hydrogens (tertiary/aromatic N) is 3. The highest BCUT2D eigenvalue weighted by molar-refractivity contribution is 5.83. The summed E-state index contributed by atoms with van der Waals surface area (Å²) in [5, 5.41) is 9.14. The Balaban J connectivity index is 3.39. The molecule has 1 aromatic rings. The van der Waals surface area contributed by atoms with E-state index in [0.717, 1.165) is 22.6 Å². The summed E-state index contributed by atoms with van der Waals surface area (Å²) in [6, 6.07) is 6.18. The van der Waals surface area contributed by atoms with Gasteiger partial charge >= 0.3 is 0 Å². The van der Waals surface area contributed by atoms with E-state index in [2.05, 4.69) is 11.1 Å². The van der Waals surface area contributed by atoms with Crippen molar-refractivity contribution in [3.8, 4) is 6.07 Å². The van der Waals surface area contributed by atoms with Crippen molar-refractivity contribution < 1.29 is 0 Å². The molecule has 84 valence electrons. The Labute approximate surface area is 97.0 Å². The van der Waals surface area contributed by atoms with Gasteiger partial charge in [-0.3, -0.25) is 0 Å². The van der Waals surface area contributed by atoms with Crippen LogP contribution in [0.2, 0.25) is 0 Å². The van der Waals surface area contributed by atoms with Crippen LogP contribution in [-0.4, -0.2) is 24.8 Å². The van der Waals surface area contributed by atoms with Crippen LogP contribution in [0.5, 0.6) is 0 Å². The maximum atomic E-state index is 9.14. The van der Waals surface area contributed by atoms with E-state index in [1.54, 1.807) is 0 Å². The van der Waals surface area contributed by atoms with Gasteiger partial charge in [-0.15, -0.1) is 0 Å². The normalized spacial score (nSPS) is 11.1. The van der Waals surface area contributed by atoms with E-state index >= 15 is 0 Å². The van der Waals surface area contributed by atoms with Crippen LogP contribution in [0.25, 0.3) is 0 Å². The Hall–Kier alpha value is -1.82. The Morgan fingerprint density at radius 1 is 1.25 bits per heavy atom. The van der Waals surface area contributed by atoms with Gasteiger partial charge in [-0.25, -0.2) is 4.99 Å². The molecule has 0 saturated heterocycles. The van der Waals surface area contributed by atoms with Crippen molar-refractivity contribution >= 4 is 11.5 Å². The van der Waals surface area contributed by atoms with Gasteiger partial charge in [0.05, 0.1) is 11.3 Å². The second kappa shape index (κ2) is 4.80. The third-order valence-corrected chi connectivity index (χ3v) is 2.62. The smallest absolute Gasteiger partial charge is 0.102 e. The summed E-state index contributed by atoms with van der Waals surface area (Å²) < 4.78 is 0. The summed E-state index contributed by atoms with van der Waals surface area (Å²) in [7, 11) is 3.88. The van der Waals surface area contributed by atoms with Crippen molar-refractivity contribution in [2.75, 3.05) is 14.1 Å². The summed E-state index contributed by atoms with van der Waals surface area (Å²) in [5.41, 5.74) is 3.46. The molecular formula is C13H17N3. The number of hydrogen-bond acceptors (Lipinski definition) is 2. The predicted octanol–water partition coefficient (Wildman–Crippen LogP) is 2.79. The number of hydrogen-bond donors (Lipinski definition) is 0. The quantitative estimate of drug-likeness (QED) is 0.534. The number of aryl methyl sites for hydroxylation is 2. The van der Waals surface area contributed by atoms with E-state index in [0.29, 0.717) is 5.56 Å². The molecule has 0 aromatic heterocycles. The number of benzene rings is 1. The van der Waals surface area contributed by atoms with Crippen molar-refractivity contribution in [2.24, 2.45) is 4.99 Å². The second-order valence-corrected chi connectivity index (χ2v) is 4.09. The highest BCUT2D eigenvalue weighted by Gasteiger charge is 2.08. The van der Waals surface area contributed by atoms with E-state index in [4.69, 9.17) is 5.26 Å². The van der Waals surface area contributed by atoms with Gasteiger partial charge in [-0.1, -0.05) is 12.1 Å². The number of nitriles is 1. The largest absolute Gasteiger partial charge is 0.366 e. The molecule has 0 aliphatic rings. The molecule has 1 aromatic carbocycles. The van der Waals surface area contributed by atoms with Crippen LogP contribution in [0.15, 0.2) is 17.1 Å². The molecule has 0 N–H and O–H groups in total. The first kappa shape index (κ1) is 12.3. The summed E-state index contributed by atoms with van der Waals surface area (Å²) in [6.45, 7) is 5.84. The minimum absolute atomic E-state index is 0.668. The minimum Gasteiger partial charge on any atom is -0.366 e. The van der Waals surface area contributed by atoms with Gasteiger partial charge in [0.2, 0.25) is 0 Å².